The van der Waals surface area contributed by atoms with Crippen molar-refractivity contribution < 1.29 is 14.6 Å². The first-order valence-electron chi connectivity index (χ1n) is 6.13. The summed E-state index contributed by atoms with van der Waals surface area (Å²) in [6, 6.07) is -0.594. The van der Waals surface area contributed by atoms with Gasteiger partial charge < -0.3 is 15.2 Å². The van der Waals surface area contributed by atoms with Crippen molar-refractivity contribution in [3.05, 3.63) is 0 Å². The number of nitrogens with one attached hydrogen (secondary N) is 1. The van der Waals surface area contributed by atoms with Gasteiger partial charge in [-0.3, -0.25) is 4.79 Å². The Bertz CT molecular complexity index is 185. The fraction of sp³-hybridized carbons (Fsp3) is 0.917. The second-order valence-electron chi connectivity index (χ2n) is 4.13. The predicted molar refractivity (Wildman–Crippen MR) is 64.6 cm³/mol. The molecule has 4 nitrogen and oxygen atoms in total. The third-order valence-electron chi connectivity index (χ3n) is 2.83. The first-order chi connectivity index (χ1) is 7.65. The molecule has 2 N–H and O–H groups in total. The van der Waals surface area contributed by atoms with E-state index in [1.165, 1.54) is 19.3 Å². The van der Waals surface area contributed by atoms with Crippen LogP contribution in [0.15, 0.2) is 0 Å². The zero-order valence-electron chi connectivity index (χ0n) is 10.7. The van der Waals surface area contributed by atoms with Crippen LogP contribution in [0.2, 0.25) is 0 Å². The molecule has 0 aliphatic carbocycles. The lowest BCUT2D eigenvalue weighted by Crippen LogP contribution is -2.38. The van der Waals surface area contributed by atoms with Crippen LogP contribution >= 0.6 is 0 Å². The summed E-state index contributed by atoms with van der Waals surface area (Å²) in [5, 5.41) is 11.5. The van der Waals surface area contributed by atoms with E-state index in [0.717, 1.165) is 6.42 Å². The number of unbranched alkanes of at least 4 members (excludes halogenated alkanes) is 1. The van der Waals surface area contributed by atoms with Gasteiger partial charge in [-0.25, -0.2) is 0 Å². The molecule has 0 fully saturated rings. The first kappa shape index (κ1) is 15.4. The van der Waals surface area contributed by atoms with Gasteiger partial charge in [0.05, 0.1) is 6.61 Å². The summed E-state index contributed by atoms with van der Waals surface area (Å²) in [6.45, 7) is 5.24. The van der Waals surface area contributed by atoms with Crippen LogP contribution in [-0.4, -0.2) is 37.4 Å². The number of carboxylic acids is 1. The Morgan fingerprint density at radius 2 is 2.06 bits per heavy atom. The Balaban J connectivity index is 3.71. The van der Waals surface area contributed by atoms with Crippen molar-refractivity contribution in [2.45, 2.75) is 45.6 Å². The highest BCUT2D eigenvalue weighted by atomic mass is 16.5. The highest BCUT2D eigenvalue weighted by Gasteiger charge is 2.15. The molecule has 0 aliphatic heterocycles. The second-order valence-corrected chi connectivity index (χ2v) is 4.13. The van der Waals surface area contributed by atoms with E-state index in [1.807, 2.05) is 0 Å². The van der Waals surface area contributed by atoms with Crippen molar-refractivity contribution in [2.24, 2.45) is 5.92 Å². The number of carbonyl (C=O) groups is 1. The van der Waals surface area contributed by atoms with Gasteiger partial charge in [-0.15, -0.1) is 0 Å². The van der Waals surface area contributed by atoms with Gasteiger partial charge in [0.15, 0.2) is 0 Å². The third kappa shape index (κ3) is 6.80. The largest absolute Gasteiger partial charge is 0.480 e. The Kier molecular flexibility index (Phi) is 9.24. The van der Waals surface area contributed by atoms with E-state index in [9.17, 15) is 4.79 Å². The summed E-state index contributed by atoms with van der Waals surface area (Å²) in [6.07, 6.45) is 4.68. The Hall–Kier alpha value is -0.610. The van der Waals surface area contributed by atoms with Gasteiger partial charge >= 0.3 is 5.97 Å². The molecular weight excluding hydrogens is 206 g/mol. The number of carboxylic acid groups (broad SMARTS) is 1. The van der Waals surface area contributed by atoms with Gasteiger partial charge in [0.1, 0.15) is 6.04 Å². The molecule has 0 saturated heterocycles. The molecule has 0 aromatic carbocycles. The van der Waals surface area contributed by atoms with Gasteiger partial charge in [-0.05, 0) is 19.4 Å². The molecule has 16 heavy (non-hydrogen) atoms. The van der Waals surface area contributed by atoms with E-state index in [-0.39, 0.29) is 6.61 Å². The SMILES string of the molecule is CCCCC(CC)COCC(NC)C(=O)O. The highest BCUT2D eigenvalue weighted by molar-refractivity contribution is 5.73. The maximum absolute atomic E-state index is 10.7. The summed E-state index contributed by atoms with van der Waals surface area (Å²) < 4.78 is 5.45. The van der Waals surface area contributed by atoms with Gasteiger partial charge in [0.25, 0.3) is 0 Å². The molecule has 0 bridgehead atoms. The van der Waals surface area contributed by atoms with E-state index in [1.54, 1.807) is 7.05 Å². The van der Waals surface area contributed by atoms with Crippen molar-refractivity contribution in [1.82, 2.24) is 5.32 Å². The van der Waals surface area contributed by atoms with Gasteiger partial charge in [0.2, 0.25) is 0 Å². The highest BCUT2D eigenvalue weighted by Crippen LogP contribution is 2.12. The maximum atomic E-state index is 10.7. The molecule has 4 heteroatoms. The molecule has 0 aliphatic rings. The number of ether oxygens (including phenoxy) is 1. The van der Waals surface area contributed by atoms with Crippen molar-refractivity contribution in [3.8, 4) is 0 Å². The predicted octanol–water partition coefficient (Wildman–Crippen LogP) is 1.89. The van der Waals surface area contributed by atoms with E-state index < -0.39 is 12.0 Å². The zero-order valence-corrected chi connectivity index (χ0v) is 10.7. The van der Waals surface area contributed by atoms with E-state index in [4.69, 9.17) is 9.84 Å². The van der Waals surface area contributed by atoms with Crippen LogP contribution in [-0.2, 0) is 9.53 Å². The normalized spacial score (nSPS) is 14.7. The van der Waals surface area contributed by atoms with Gasteiger partial charge in [0, 0.05) is 6.61 Å². The summed E-state index contributed by atoms with van der Waals surface area (Å²) in [4.78, 5) is 10.7. The zero-order chi connectivity index (χ0) is 12.4. The average Bonchev–Trinajstić information content (AvgIpc) is 2.28. The topological polar surface area (TPSA) is 58.6 Å². The summed E-state index contributed by atoms with van der Waals surface area (Å²) in [5.74, 6) is -0.296. The van der Waals surface area contributed by atoms with E-state index in [2.05, 4.69) is 19.2 Å². The molecule has 0 aromatic heterocycles. The Morgan fingerprint density at radius 1 is 1.38 bits per heavy atom. The minimum absolute atomic E-state index is 0.245. The average molecular weight is 231 g/mol. The summed E-state index contributed by atoms with van der Waals surface area (Å²) in [7, 11) is 1.64. The van der Waals surface area contributed by atoms with Crippen LogP contribution in [0.4, 0.5) is 0 Å². The van der Waals surface area contributed by atoms with Crippen molar-refractivity contribution in [3.63, 3.8) is 0 Å². The van der Waals surface area contributed by atoms with Gasteiger partial charge in [-0.1, -0.05) is 33.1 Å². The number of aliphatic carboxylic acids is 1. The fourth-order valence-electron chi connectivity index (χ4n) is 1.53. The van der Waals surface area contributed by atoms with Crippen LogP contribution in [0.1, 0.15) is 39.5 Å². The number of likely N-dealkylation sites (N-methyl/N-ethyl adjacent to an activating group) is 1. The Labute approximate surface area is 98.4 Å². The molecular formula is C12H25NO3. The molecule has 0 rings (SSSR count). The van der Waals surface area contributed by atoms with Crippen LogP contribution < -0.4 is 5.32 Å². The summed E-state index contributed by atoms with van der Waals surface area (Å²) >= 11 is 0. The number of hydrogen-bond donors (Lipinski definition) is 2. The smallest absolute Gasteiger partial charge is 0.323 e. The molecule has 2 atom stereocenters. The Morgan fingerprint density at radius 3 is 2.50 bits per heavy atom. The first-order valence-corrected chi connectivity index (χ1v) is 6.13. The van der Waals surface area contributed by atoms with Crippen molar-refractivity contribution in [2.75, 3.05) is 20.3 Å². The van der Waals surface area contributed by atoms with E-state index >= 15 is 0 Å². The standard InChI is InChI=1S/C12H25NO3/c1-4-6-7-10(5-2)8-16-9-11(13-3)12(14)15/h10-11,13H,4-9H2,1-3H3,(H,14,15). The van der Waals surface area contributed by atoms with Crippen molar-refractivity contribution >= 4 is 5.97 Å². The molecule has 0 aromatic rings. The van der Waals surface area contributed by atoms with Gasteiger partial charge in [-0.2, -0.15) is 0 Å². The maximum Gasteiger partial charge on any atom is 0.323 e. The van der Waals surface area contributed by atoms with Crippen molar-refractivity contribution in [1.29, 1.82) is 0 Å². The lowest BCUT2D eigenvalue weighted by molar-refractivity contribution is -0.141. The molecule has 0 radical (unpaired) electrons. The fourth-order valence-corrected chi connectivity index (χ4v) is 1.53. The third-order valence-corrected chi connectivity index (χ3v) is 2.83. The monoisotopic (exact) mass is 231 g/mol. The molecule has 0 spiro atoms. The lowest BCUT2D eigenvalue weighted by Gasteiger charge is -2.17. The molecule has 0 amide bonds. The molecule has 96 valence electrons. The minimum Gasteiger partial charge on any atom is -0.480 e. The molecule has 0 heterocycles. The van der Waals surface area contributed by atoms with Crippen LogP contribution in [0, 0.1) is 5.92 Å². The second kappa shape index (κ2) is 9.60. The minimum atomic E-state index is -0.857. The van der Waals surface area contributed by atoms with Crippen LogP contribution in [0.25, 0.3) is 0 Å². The quantitative estimate of drug-likeness (QED) is 0.603. The van der Waals surface area contributed by atoms with Crippen LogP contribution in [0.5, 0.6) is 0 Å². The lowest BCUT2D eigenvalue weighted by atomic mass is 10.0. The van der Waals surface area contributed by atoms with E-state index in [0.29, 0.717) is 12.5 Å². The summed E-state index contributed by atoms with van der Waals surface area (Å²) in [5.41, 5.74) is 0. The number of hydrogen-bond acceptors (Lipinski definition) is 3. The molecule has 2 unspecified atom stereocenters. The number of rotatable bonds is 10. The van der Waals surface area contributed by atoms with Crippen LogP contribution in [0.3, 0.4) is 0 Å². The molecule has 0 saturated carbocycles.